The van der Waals surface area contributed by atoms with Crippen molar-refractivity contribution in [2.75, 3.05) is 18.6 Å². The van der Waals surface area contributed by atoms with Gasteiger partial charge in [0.15, 0.2) is 11.5 Å². The topological polar surface area (TPSA) is 55.1 Å². The van der Waals surface area contributed by atoms with Gasteiger partial charge in [0.1, 0.15) is 0 Å². The molecule has 23 heavy (non-hydrogen) atoms. The van der Waals surface area contributed by atoms with E-state index in [-0.39, 0.29) is 11.3 Å². The minimum absolute atomic E-state index is 0.113. The second-order valence-electron chi connectivity index (χ2n) is 6.51. The SMILES string of the molecule is CSCCCNC(=O)c1cc(-c2ccc(C(C)(C)C)cc2)on1. The Morgan fingerprint density at radius 1 is 1.26 bits per heavy atom. The maximum atomic E-state index is 12.0. The van der Waals surface area contributed by atoms with Gasteiger partial charge in [0, 0.05) is 18.2 Å². The maximum Gasteiger partial charge on any atom is 0.273 e. The molecule has 2 rings (SSSR count). The molecular formula is C18H24N2O2S. The van der Waals surface area contributed by atoms with Crippen LogP contribution in [0.5, 0.6) is 0 Å². The van der Waals surface area contributed by atoms with Crippen LogP contribution in [0.2, 0.25) is 0 Å². The molecule has 0 bridgehead atoms. The highest BCUT2D eigenvalue weighted by atomic mass is 32.2. The lowest BCUT2D eigenvalue weighted by atomic mass is 9.86. The van der Waals surface area contributed by atoms with Crippen molar-refractivity contribution < 1.29 is 9.32 Å². The molecule has 1 aromatic heterocycles. The summed E-state index contributed by atoms with van der Waals surface area (Å²) in [5.41, 5.74) is 2.62. The molecule has 1 amide bonds. The minimum Gasteiger partial charge on any atom is -0.355 e. The van der Waals surface area contributed by atoms with Crippen molar-refractivity contribution in [2.45, 2.75) is 32.6 Å². The van der Waals surface area contributed by atoms with Gasteiger partial charge in [-0.2, -0.15) is 11.8 Å². The van der Waals surface area contributed by atoms with Gasteiger partial charge in [-0.1, -0.05) is 50.2 Å². The fourth-order valence-corrected chi connectivity index (χ4v) is 2.59. The molecular weight excluding hydrogens is 308 g/mol. The van der Waals surface area contributed by atoms with E-state index >= 15 is 0 Å². The summed E-state index contributed by atoms with van der Waals surface area (Å²) in [4.78, 5) is 12.0. The first-order valence-corrected chi connectivity index (χ1v) is 9.16. The summed E-state index contributed by atoms with van der Waals surface area (Å²) < 4.78 is 5.31. The molecule has 0 saturated carbocycles. The van der Waals surface area contributed by atoms with Crippen LogP contribution in [0.4, 0.5) is 0 Å². The standard InChI is InChI=1S/C18H24N2O2S/c1-18(2,3)14-8-6-13(7-9-14)16-12-15(20-22-16)17(21)19-10-5-11-23-4/h6-9,12H,5,10-11H2,1-4H3,(H,19,21). The van der Waals surface area contributed by atoms with Gasteiger partial charge >= 0.3 is 0 Å². The van der Waals surface area contributed by atoms with E-state index in [0.29, 0.717) is 18.0 Å². The van der Waals surface area contributed by atoms with E-state index in [1.165, 1.54) is 5.56 Å². The zero-order valence-electron chi connectivity index (χ0n) is 14.2. The van der Waals surface area contributed by atoms with Gasteiger partial charge in [0.05, 0.1) is 0 Å². The third-order valence-electron chi connectivity index (χ3n) is 3.59. The first-order valence-electron chi connectivity index (χ1n) is 7.76. The van der Waals surface area contributed by atoms with Crippen molar-refractivity contribution in [3.05, 3.63) is 41.6 Å². The number of thioether (sulfide) groups is 1. The van der Waals surface area contributed by atoms with Gasteiger partial charge in [0.2, 0.25) is 0 Å². The molecule has 5 heteroatoms. The van der Waals surface area contributed by atoms with E-state index in [1.54, 1.807) is 17.8 Å². The third-order valence-corrected chi connectivity index (χ3v) is 4.29. The predicted molar refractivity (Wildman–Crippen MR) is 96.0 cm³/mol. The highest BCUT2D eigenvalue weighted by Gasteiger charge is 2.16. The highest BCUT2D eigenvalue weighted by Crippen LogP contribution is 2.26. The molecule has 1 aromatic carbocycles. The van der Waals surface area contributed by atoms with Crippen molar-refractivity contribution in [2.24, 2.45) is 0 Å². The monoisotopic (exact) mass is 332 g/mol. The van der Waals surface area contributed by atoms with Crippen LogP contribution in [0.3, 0.4) is 0 Å². The summed E-state index contributed by atoms with van der Waals surface area (Å²) in [7, 11) is 0. The van der Waals surface area contributed by atoms with E-state index in [2.05, 4.69) is 49.6 Å². The van der Waals surface area contributed by atoms with Crippen molar-refractivity contribution in [3.63, 3.8) is 0 Å². The van der Waals surface area contributed by atoms with E-state index in [1.807, 2.05) is 12.1 Å². The van der Waals surface area contributed by atoms with Crippen LogP contribution < -0.4 is 5.32 Å². The second-order valence-corrected chi connectivity index (χ2v) is 7.49. The Morgan fingerprint density at radius 2 is 1.96 bits per heavy atom. The predicted octanol–water partition coefficient (Wildman–Crippen LogP) is 4.12. The number of nitrogens with one attached hydrogen (secondary N) is 1. The first kappa shape index (κ1) is 17.6. The second kappa shape index (κ2) is 7.68. The Balaban J connectivity index is 2.02. The molecule has 0 fully saturated rings. The van der Waals surface area contributed by atoms with Crippen molar-refractivity contribution in [1.29, 1.82) is 0 Å². The van der Waals surface area contributed by atoms with Gasteiger partial charge in [0.25, 0.3) is 5.91 Å². The van der Waals surface area contributed by atoms with Gasteiger partial charge in [-0.15, -0.1) is 0 Å². The molecule has 0 aliphatic rings. The van der Waals surface area contributed by atoms with Gasteiger partial charge < -0.3 is 9.84 Å². The molecule has 0 unspecified atom stereocenters. The van der Waals surface area contributed by atoms with E-state index in [9.17, 15) is 4.79 Å². The molecule has 124 valence electrons. The van der Waals surface area contributed by atoms with Crippen LogP contribution in [0.15, 0.2) is 34.9 Å². The number of benzene rings is 1. The molecule has 0 atom stereocenters. The molecule has 4 nitrogen and oxygen atoms in total. The number of nitrogens with zero attached hydrogens (tertiary/aromatic N) is 1. The fourth-order valence-electron chi connectivity index (χ4n) is 2.16. The fraction of sp³-hybridized carbons (Fsp3) is 0.444. The lowest BCUT2D eigenvalue weighted by molar-refractivity contribution is 0.0945. The lowest BCUT2D eigenvalue weighted by Crippen LogP contribution is -2.25. The number of amides is 1. The molecule has 0 aliphatic carbocycles. The Hall–Kier alpha value is -1.75. The van der Waals surface area contributed by atoms with Crippen LogP contribution in [-0.2, 0) is 5.41 Å². The van der Waals surface area contributed by atoms with Gasteiger partial charge in [-0.25, -0.2) is 0 Å². The number of carbonyl (C=O) groups is 1. The van der Waals surface area contributed by atoms with Gasteiger partial charge in [-0.3, -0.25) is 4.79 Å². The smallest absolute Gasteiger partial charge is 0.273 e. The number of hydrogen-bond acceptors (Lipinski definition) is 4. The molecule has 0 radical (unpaired) electrons. The Bertz CT molecular complexity index is 642. The molecule has 0 saturated heterocycles. The van der Waals surface area contributed by atoms with Crippen molar-refractivity contribution in [3.8, 4) is 11.3 Å². The molecule has 1 N–H and O–H groups in total. The summed E-state index contributed by atoms with van der Waals surface area (Å²) in [5.74, 6) is 1.46. The zero-order valence-corrected chi connectivity index (χ0v) is 15.0. The van der Waals surface area contributed by atoms with E-state index < -0.39 is 0 Å². The molecule has 1 heterocycles. The first-order chi connectivity index (χ1) is 10.9. The minimum atomic E-state index is -0.188. The largest absolute Gasteiger partial charge is 0.355 e. The third kappa shape index (κ3) is 4.86. The zero-order chi connectivity index (χ0) is 16.9. The van der Waals surface area contributed by atoms with Crippen LogP contribution in [0, 0.1) is 0 Å². The van der Waals surface area contributed by atoms with Crippen LogP contribution >= 0.6 is 11.8 Å². The summed E-state index contributed by atoms with van der Waals surface area (Å²) in [6, 6.07) is 9.86. The van der Waals surface area contributed by atoms with Gasteiger partial charge in [-0.05, 0) is 29.4 Å². The molecule has 2 aromatic rings. The van der Waals surface area contributed by atoms with E-state index in [0.717, 1.165) is 17.7 Å². The maximum absolute atomic E-state index is 12.0. The van der Waals surface area contributed by atoms with Crippen molar-refractivity contribution in [1.82, 2.24) is 10.5 Å². The molecule has 0 spiro atoms. The normalized spacial score (nSPS) is 11.5. The Morgan fingerprint density at radius 3 is 2.57 bits per heavy atom. The Labute approximate surface area is 142 Å². The van der Waals surface area contributed by atoms with Crippen LogP contribution in [0.25, 0.3) is 11.3 Å². The number of aromatic nitrogens is 1. The average Bonchev–Trinajstić information content (AvgIpc) is 3.01. The van der Waals surface area contributed by atoms with E-state index in [4.69, 9.17) is 4.52 Å². The quantitative estimate of drug-likeness (QED) is 0.808. The Kier molecular flexibility index (Phi) is 5.88. The number of hydrogen-bond donors (Lipinski definition) is 1. The highest BCUT2D eigenvalue weighted by molar-refractivity contribution is 7.98. The van der Waals surface area contributed by atoms with Crippen LogP contribution in [-0.4, -0.2) is 29.6 Å². The van der Waals surface area contributed by atoms with Crippen molar-refractivity contribution >= 4 is 17.7 Å². The number of rotatable bonds is 6. The summed E-state index contributed by atoms with van der Waals surface area (Å²) in [5, 5.41) is 6.72. The number of carbonyl (C=O) groups excluding carboxylic acids is 1. The summed E-state index contributed by atoms with van der Waals surface area (Å²) >= 11 is 1.77. The summed E-state index contributed by atoms with van der Waals surface area (Å²) in [6.45, 7) is 7.18. The average molecular weight is 332 g/mol. The molecule has 0 aliphatic heterocycles. The lowest BCUT2D eigenvalue weighted by Gasteiger charge is -2.18. The van der Waals surface area contributed by atoms with Crippen LogP contribution in [0.1, 0.15) is 43.2 Å². The summed E-state index contributed by atoms with van der Waals surface area (Å²) in [6.07, 6.45) is 3.00.